The smallest absolute Gasteiger partial charge is 0.141 e. The van der Waals surface area contributed by atoms with Crippen LogP contribution in [0, 0.1) is 3.57 Å². The molecule has 0 unspecified atom stereocenters. The molecule has 0 saturated carbocycles. The molecule has 1 aromatic carbocycles. The van der Waals surface area contributed by atoms with Gasteiger partial charge in [0.1, 0.15) is 10.4 Å². The van der Waals surface area contributed by atoms with Gasteiger partial charge in [-0.15, -0.1) is 0 Å². The van der Waals surface area contributed by atoms with Gasteiger partial charge in [0.2, 0.25) is 0 Å². The van der Waals surface area contributed by atoms with E-state index in [0.29, 0.717) is 4.60 Å². The quantitative estimate of drug-likeness (QED) is 0.584. The number of hydrogen-bond acceptors (Lipinski definition) is 2. The van der Waals surface area contributed by atoms with E-state index in [9.17, 15) is 5.11 Å². The van der Waals surface area contributed by atoms with E-state index in [0.717, 1.165) is 14.5 Å². The number of fused-ring (bicyclic) bond motifs is 1. The normalized spacial score (nSPS) is 10.6. The fourth-order valence-electron chi connectivity index (χ4n) is 1.14. The molecule has 2 aromatic rings. The largest absolute Gasteiger partial charge is 0.506 e. The van der Waals surface area contributed by atoms with Crippen molar-refractivity contribution in [3.63, 3.8) is 0 Å². The third-order valence-corrected chi connectivity index (χ3v) is 4.10. The highest BCUT2D eigenvalue weighted by molar-refractivity contribution is 14.1. The molecule has 0 bridgehead atoms. The second kappa shape index (κ2) is 3.42. The Bertz CT molecular complexity index is 472. The van der Waals surface area contributed by atoms with Gasteiger partial charge in [-0.3, -0.25) is 0 Å². The summed E-state index contributed by atoms with van der Waals surface area (Å²) < 4.78 is 1.43. The average molecular weight is 350 g/mol. The predicted octanol–water partition coefficient (Wildman–Crippen LogP) is 3.31. The van der Waals surface area contributed by atoms with E-state index in [1.165, 1.54) is 0 Å². The van der Waals surface area contributed by atoms with Crippen molar-refractivity contribution in [3.8, 4) is 5.75 Å². The van der Waals surface area contributed by atoms with Crippen molar-refractivity contribution >= 4 is 49.4 Å². The standard InChI is InChI=1S/C9H5BrINO/c10-9-7(11)8(13)5-3-1-2-4-6(5)12-9/h1-4H,(H,12,13). The van der Waals surface area contributed by atoms with Crippen molar-refractivity contribution in [1.29, 1.82) is 0 Å². The Morgan fingerprint density at radius 3 is 2.77 bits per heavy atom. The van der Waals surface area contributed by atoms with E-state index in [4.69, 9.17) is 0 Å². The van der Waals surface area contributed by atoms with Gasteiger partial charge < -0.3 is 5.11 Å². The molecule has 2 rings (SSSR count). The van der Waals surface area contributed by atoms with Crippen molar-refractivity contribution in [3.05, 3.63) is 32.4 Å². The minimum atomic E-state index is 0.290. The second-order valence-corrected chi connectivity index (χ2v) is 4.41. The van der Waals surface area contributed by atoms with Gasteiger partial charge in [0.05, 0.1) is 9.09 Å². The van der Waals surface area contributed by atoms with E-state index < -0.39 is 0 Å². The molecule has 1 N–H and O–H groups in total. The average Bonchev–Trinajstić information content (AvgIpc) is 2.15. The van der Waals surface area contributed by atoms with Crippen LogP contribution in [0.4, 0.5) is 0 Å². The number of pyridine rings is 1. The van der Waals surface area contributed by atoms with Crippen LogP contribution in [0.3, 0.4) is 0 Å². The number of rotatable bonds is 0. The molecule has 0 amide bonds. The lowest BCUT2D eigenvalue weighted by Crippen LogP contribution is -1.85. The summed E-state index contributed by atoms with van der Waals surface area (Å²) in [6.07, 6.45) is 0. The highest BCUT2D eigenvalue weighted by Crippen LogP contribution is 2.32. The predicted molar refractivity (Wildman–Crippen MR) is 63.8 cm³/mol. The molecule has 0 radical (unpaired) electrons. The van der Waals surface area contributed by atoms with Crippen LogP contribution in [0.15, 0.2) is 28.9 Å². The summed E-state index contributed by atoms with van der Waals surface area (Å²) in [7, 11) is 0. The molecule has 13 heavy (non-hydrogen) atoms. The van der Waals surface area contributed by atoms with Crippen molar-refractivity contribution in [2.24, 2.45) is 0 Å². The Hall–Kier alpha value is -0.360. The molecule has 1 aromatic heterocycles. The number of benzene rings is 1. The van der Waals surface area contributed by atoms with Gasteiger partial charge in [0.25, 0.3) is 0 Å². The third kappa shape index (κ3) is 1.52. The summed E-state index contributed by atoms with van der Waals surface area (Å²) in [5.74, 6) is 0.290. The fraction of sp³-hybridized carbons (Fsp3) is 0. The molecule has 0 saturated heterocycles. The zero-order chi connectivity index (χ0) is 9.42. The van der Waals surface area contributed by atoms with E-state index >= 15 is 0 Å². The summed E-state index contributed by atoms with van der Waals surface area (Å²) in [4.78, 5) is 4.29. The Morgan fingerprint density at radius 1 is 1.31 bits per heavy atom. The summed E-state index contributed by atoms with van der Waals surface area (Å²) in [6, 6.07) is 7.50. The highest BCUT2D eigenvalue weighted by atomic mass is 127. The van der Waals surface area contributed by atoms with Crippen molar-refractivity contribution in [2.75, 3.05) is 0 Å². The van der Waals surface area contributed by atoms with Gasteiger partial charge in [-0.05, 0) is 50.7 Å². The van der Waals surface area contributed by atoms with Crippen LogP contribution in [0.2, 0.25) is 0 Å². The molecule has 0 spiro atoms. The number of halogens is 2. The Kier molecular flexibility index (Phi) is 2.42. The first-order valence-corrected chi connectivity index (χ1v) is 5.50. The van der Waals surface area contributed by atoms with Crippen molar-refractivity contribution < 1.29 is 5.11 Å². The molecule has 0 atom stereocenters. The molecule has 1 heterocycles. The zero-order valence-electron chi connectivity index (χ0n) is 6.46. The first-order valence-electron chi connectivity index (χ1n) is 3.63. The summed E-state index contributed by atoms with van der Waals surface area (Å²) >= 11 is 5.35. The Morgan fingerprint density at radius 2 is 2.00 bits per heavy atom. The first kappa shape index (κ1) is 9.21. The summed E-state index contributed by atoms with van der Waals surface area (Å²) in [6.45, 7) is 0. The van der Waals surface area contributed by atoms with Gasteiger partial charge in [-0.25, -0.2) is 4.98 Å². The van der Waals surface area contributed by atoms with Crippen LogP contribution >= 0.6 is 38.5 Å². The van der Waals surface area contributed by atoms with Crippen LogP contribution in [0.5, 0.6) is 5.75 Å². The Labute approximate surface area is 97.3 Å². The van der Waals surface area contributed by atoms with E-state index in [2.05, 4.69) is 43.5 Å². The molecule has 0 aliphatic carbocycles. The maximum Gasteiger partial charge on any atom is 0.141 e. The second-order valence-electron chi connectivity index (χ2n) is 2.58. The number of para-hydroxylation sites is 1. The number of nitrogens with zero attached hydrogens (tertiary/aromatic N) is 1. The van der Waals surface area contributed by atoms with Gasteiger partial charge in [0, 0.05) is 5.39 Å². The van der Waals surface area contributed by atoms with Gasteiger partial charge >= 0.3 is 0 Å². The fourth-order valence-corrected chi connectivity index (χ4v) is 1.93. The lowest BCUT2D eigenvalue weighted by Gasteiger charge is -2.03. The Balaban J connectivity index is 2.94. The SMILES string of the molecule is Oc1c(I)c(Br)nc2ccccc12. The number of aromatic hydroxyl groups is 1. The molecular formula is C9H5BrINO. The van der Waals surface area contributed by atoms with Crippen LogP contribution in [0.25, 0.3) is 10.9 Å². The topological polar surface area (TPSA) is 33.1 Å². The number of hydrogen-bond donors (Lipinski definition) is 1. The molecule has 4 heteroatoms. The van der Waals surface area contributed by atoms with Crippen LogP contribution < -0.4 is 0 Å². The van der Waals surface area contributed by atoms with E-state index in [-0.39, 0.29) is 5.75 Å². The maximum atomic E-state index is 9.76. The summed E-state index contributed by atoms with van der Waals surface area (Å²) in [5.41, 5.74) is 0.798. The molecule has 0 aliphatic rings. The molecule has 0 aliphatic heterocycles. The minimum absolute atomic E-state index is 0.290. The molecule has 66 valence electrons. The van der Waals surface area contributed by atoms with Crippen LogP contribution in [0.1, 0.15) is 0 Å². The molecule has 2 nitrogen and oxygen atoms in total. The molecule has 0 fully saturated rings. The minimum Gasteiger partial charge on any atom is -0.506 e. The molecular weight excluding hydrogens is 345 g/mol. The van der Waals surface area contributed by atoms with Crippen LogP contribution in [-0.4, -0.2) is 10.1 Å². The van der Waals surface area contributed by atoms with Crippen molar-refractivity contribution in [1.82, 2.24) is 4.98 Å². The van der Waals surface area contributed by atoms with Gasteiger partial charge in [0.15, 0.2) is 0 Å². The van der Waals surface area contributed by atoms with Crippen molar-refractivity contribution in [2.45, 2.75) is 0 Å². The van der Waals surface area contributed by atoms with Gasteiger partial charge in [-0.2, -0.15) is 0 Å². The van der Waals surface area contributed by atoms with Gasteiger partial charge in [-0.1, -0.05) is 12.1 Å². The zero-order valence-corrected chi connectivity index (χ0v) is 10.2. The van der Waals surface area contributed by atoms with E-state index in [1.54, 1.807) is 0 Å². The lowest BCUT2D eigenvalue weighted by molar-refractivity contribution is 0.477. The van der Waals surface area contributed by atoms with Crippen LogP contribution in [-0.2, 0) is 0 Å². The lowest BCUT2D eigenvalue weighted by atomic mass is 10.2. The maximum absolute atomic E-state index is 9.76. The van der Waals surface area contributed by atoms with E-state index in [1.807, 2.05) is 24.3 Å². The monoisotopic (exact) mass is 349 g/mol. The number of aromatic nitrogens is 1. The third-order valence-electron chi connectivity index (χ3n) is 1.77. The first-order chi connectivity index (χ1) is 6.20. The summed E-state index contributed by atoms with van der Waals surface area (Å²) in [5, 5.41) is 10.5. The highest BCUT2D eigenvalue weighted by Gasteiger charge is 2.08.